The number of para-hydroxylation sites is 1. The van der Waals surface area contributed by atoms with Gasteiger partial charge in [-0.3, -0.25) is 19.8 Å². The van der Waals surface area contributed by atoms with E-state index >= 15 is 0 Å². The molecule has 1 aliphatic heterocycles. The molecule has 0 radical (unpaired) electrons. The number of nitro groups is 1. The number of methoxy groups -OCH3 is 1. The summed E-state index contributed by atoms with van der Waals surface area (Å²) in [5, 5.41) is 11.1. The number of rotatable bonds is 4. The Morgan fingerprint density at radius 3 is 2.60 bits per heavy atom. The van der Waals surface area contributed by atoms with Crippen LogP contribution in [0.2, 0.25) is 0 Å². The van der Waals surface area contributed by atoms with Gasteiger partial charge in [0, 0.05) is 6.07 Å². The van der Waals surface area contributed by atoms with Crippen LogP contribution in [0.3, 0.4) is 0 Å². The summed E-state index contributed by atoms with van der Waals surface area (Å²) < 4.78 is 5.40. The molecule has 1 aliphatic rings. The molecule has 1 amide bonds. The Bertz CT molecular complexity index is 897. The van der Waals surface area contributed by atoms with Gasteiger partial charge in [-0.2, -0.15) is 0 Å². The fraction of sp³-hybridized carbons (Fsp3) is 0.0588. The van der Waals surface area contributed by atoms with Crippen molar-refractivity contribution in [2.75, 3.05) is 12.0 Å². The second kappa shape index (κ2) is 7.04. The highest BCUT2D eigenvalue weighted by molar-refractivity contribution is 8.27. The molecule has 3 rings (SSSR count). The fourth-order valence-corrected chi connectivity index (χ4v) is 3.66. The molecule has 2 aromatic carbocycles. The molecular weight excluding hydrogens is 360 g/mol. The van der Waals surface area contributed by atoms with Gasteiger partial charge in [0.05, 0.1) is 22.6 Å². The first-order valence-corrected chi connectivity index (χ1v) is 8.39. The Morgan fingerprint density at radius 2 is 1.96 bits per heavy atom. The van der Waals surface area contributed by atoms with Gasteiger partial charge < -0.3 is 4.74 Å². The molecule has 0 aliphatic carbocycles. The third-order valence-corrected chi connectivity index (χ3v) is 4.81. The zero-order chi connectivity index (χ0) is 18.0. The molecule has 126 valence electrons. The number of nitrogens with zero attached hydrogens (tertiary/aromatic N) is 2. The summed E-state index contributed by atoms with van der Waals surface area (Å²) in [6, 6.07) is 13.6. The molecular formula is C17H12N2O4S2. The maximum absolute atomic E-state index is 12.7. The van der Waals surface area contributed by atoms with E-state index in [1.165, 1.54) is 24.1 Å². The molecule has 0 bridgehead atoms. The second-order valence-electron chi connectivity index (χ2n) is 5.04. The van der Waals surface area contributed by atoms with E-state index in [0.717, 1.165) is 11.8 Å². The van der Waals surface area contributed by atoms with Crippen LogP contribution in [0.4, 0.5) is 11.4 Å². The van der Waals surface area contributed by atoms with Crippen molar-refractivity contribution in [2.24, 2.45) is 0 Å². The Labute approximate surface area is 153 Å². The number of hydrogen-bond donors (Lipinski definition) is 0. The maximum atomic E-state index is 12.7. The second-order valence-corrected chi connectivity index (χ2v) is 6.72. The van der Waals surface area contributed by atoms with Crippen LogP contribution in [-0.4, -0.2) is 22.3 Å². The lowest BCUT2D eigenvalue weighted by Crippen LogP contribution is -2.27. The number of hydrogen-bond acceptors (Lipinski definition) is 6. The van der Waals surface area contributed by atoms with Crippen molar-refractivity contribution in [1.29, 1.82) is 0 Å². The minimum Gasteiger partial charge on any atom is -0.490 e. The summed E-state index contributed by atoms with van der Waals surface area (Å²) >= 11 is 6.46. The monoisotopic (exact) mass is 372 g/mol. The summed E-state index contributed by atoms with van der Waals surface area (Å²) in [7, 11) is 1.37. The van der Waals surface area contributed by atoms with E-state index in [1.54, 1.807) is 24.3 Å². The molecule has 1 saturated heterocycles. The van der Waals surface area contributed by atoms with Crippen LogP contribution in [0.25, 0.3) is 6.08 Å². The quantitative estimate of drug-likeness (QED) is 0.349. The molecule has 0 atom stereocenters. The molecule has 0 N–H and O–H groups in total. The molecule has 1 heterocycles. The molecule has 0 unspecified atom stereocenters. The Hall–Kier alpha value is -2.71. The van der Waals surface area contributed by atoms with E-state index in [-0.39, 0.29) is 17.3 Å². The summed E-state index contributed by atoms with van der Waals surface area (Å²) in [4.78, 5) is 25.1. The lowest BCUT2D eigenvalue weighted by Gasteiger charge is -2.13. The van der Waals surface area contributed by atoms with Gasteiger partial charge >= 0.3 is 5.69 Å². The van der Waals surface area contributed by atoms with Crippen molar-refractivity contribution in [1.82, 2.24) is 0 Å². The highest BCUT2D eigenvalue weighted by atomic mass is 32.2. The van der Waals surface area contributed by atoms with E-state index in [2.05, 4.69) is 0 Å². The smallest absolute Gasteiger partial charge is 0.311 e. The number of thioether (sulfide) groups is 1. The lowest BCUT2D eigenvalue weighted by atomic mass is 10.1. The van der Waals surface area contributed by atoms with Crippen LogP contribution in [0.15, 0.2) is 53.4 Å². The lowest BCUT2D eigenvalue weighted by molar-refractivity contribution is -0.385. The summed E-state index contributed by atoms with van der Waals surface area (Å²) in [6.45, 7) is 0. The van der Waals surface area contributed by atoms with Crippen LogP contribution >= 0.6 is 24.0 Å². The normalized spacial score (nSPS) is 15.7. The number of anilines is 1. The topological polar surface area (TPSA) is 72.7 Å². The van der Waals surface area contributed by atoms with Gasteiger partial charge in [-0.25, -0.2) is 0 Å². The Kier molecular flexibility index (Phi) is 4.82. The number of thiocarbonyl (C=S) groups is 1. The van der Waals surface area contributed by atoms with E-state index in [1.807, 2.05) is 18.2 Å². The average molecular weight is 372 g/mol. The van der Waals surface area contributed by atoms with Crippen molar-refractivity contribution < 1.29 is 14.5 Å². The van der Waals surface area contributed by atoms with Crippen LogP contribution in [0.1, 0.15) is 5.56 Å². The zero-order valence-corrected chi connectivity index (χ0v) is 14.7. The van der Waals surface area contributed by atoms with Crippen LogP contribution in [0.5, 0.6) is 5.75 Å². The van der Waals surface area contributed by atoms with Gasteiger partial charge in [-0.05, 0) is 29.8 Å². The number of carbonyl (C=O) groups excluding carboxylic acids is 1. The van der Waals surface area contributed by atoms with E-state index in [9.17, 15) is 14.9 Å². The SMILES string of the molecule is COc1ccc(/C=C2/SC(=S)N(c3ccccc3)C2=O)cc1[N+](=O)[O-]. The number of carbonyl (C=O) groups is 1. The largest absolute Gasteiger partial charge is 0.490 e. The van der Waals surface area contributed by atoms with E-state index < -0.39 is 4.92 Å². The summed E-state index contributed by atoms with van der Waals surface area (Å²) in [6.07, 6.45) is 1.59. The predicted octanol–water partition coefficient (Wildman–Crippen LogP) is 4.01. The van der Waals surface area contributed by atoms with Gasteiger partial charge in [0.2, 0.25) is 0 Å². The standard InChI is InChI=1S/C17H12N2O4S2/c1-23-14-8-7-11(9-13(14)19(21)22)10-15-16(20)18(17(24)25-15)12-5-3-2-4-6-12/h2-10H,1H3/b15-10+. The number of ether oxygens (including phenoxy) is 1. The highest BCUT2D eigenvalue weighted by Crippen LogP contribution is 2.37. The van der Waals surface area contributed by atoms with E-state index in [0.29, 0.717) is 20.5 Å². The molecule has 2 aromatic rings. The molecule has 6 nitrogen and oxygen atoms in total. The average Bonchev–Trinajstić information content (AvgIpc) is 2.89. The zero-order valence-electron chi connectivity index (χ0n) is 13.0. The molecule has 0 spiro atoms. The van der Waals surface area contributed by atoms with Crippen molar-refractivity contribution in [3.8, 4) is 5.75 Å². The third-order valence-electron chi connectivity index (χ3n) is 3.51. The van der Waals surface area contributed by atoms with Crippen molar-refractivity contribution in [3.05, 3.63) is 69.1 Å². The molecule has 0 saturated carbocycles. The first-order valence-electron chi connectivity index (χ1n) is 7.16. The van der Waals surface area contributed by atoms with Crippen molar-refractivity contribution in [2.45, 2.75) is 0 Å². The molecule has 8 heteroatoms. The fourth-order valence-electron chi connectivity index (χ4n) is 2.36. The Morgan fingerprint density at radius 1 is 1.24 bits per heavy atom. The van der Waals surface area contributed by atoms with Gasteiger partial charge in [-0.15, -0.1) is 0 Å². The number of amides is 1. The number of nitro benzene ring substituents is 1. The molecule has 1 fully saturated rings. The maximum Gasteiger partial charge on any atom is 0.311 e. The van der Waals surface area contributed by atoms with Crippen LogP contribution in [0, 0.1) is 10.1 Å². The van der Waals surface area contributed by atoms with Gasteiger partial charge in [0.25, 0.3) is 5.91 Å². The first-order chi connectivity index (χ1) is 12.0. The van der Waals surface area contributed by atoms with Crippen LogP contribution < -0.4 is 9.64 Å². The van der Waals surface area contributed by atoms with E-state index in [4.69, 9.17) is 17.0 Å². The number of benzene rings is 2. The summed E-state index contributed by atoms with van der Waals surface area (Å²) in [5.41, 5.74) is 1.06. The van der Waals surface area contributed by atoms with Gasteiger partial charge in [0.1, 0.15) is 0 Å². The van der Waals surface area contributed by atoms with Crippen molar-refractivity contribution >= 4 is 51.7 Å². The minimum absolute atomic E-state index is 0.158. The van der Waals surface area contributed by atoms with Crippen molar-refractivity contribution in [3.63, 3.8) is 0 Å². The summed E-state index contributed by atoms with van der Waals surface area (Å²) in [5.74, 6) is -0.0846. The Balaban J connectivity index is 1.95. The third kappa shape index (κ3) is 3.40. The minimum atomic E-state index is -0.522. The van der Waals surface area contributed by atoms with Gasteiger partial charge in [0.15, 0.2) is 10.1 Å². The molecule has 0 aromatic heterocycles. The van der Waals surface area contributed by atoms with Gasteiger partial charge in [-0.1, -0.05) is 48.2 Å². The predicted molar refractivity (Wildman–Crippen MR) is 102 cm³/mol. The van der Waals surface area contributed by atoms with Crippen LogP contribution in [-0.2, 0) is 4.79 Å². The molecule has 25 heavy (non-hydrogen) atoms. The first kappa shape index (κ1) is 17.1. The highest BCUT2D eigenvalue weighted by Gasteiger charge is 2.33.